The van der Waals surface area contributed by atoms with Gasteiger partial charge in [0.15, 0.2) is 0 Å². The Morgan fingerprint density at radius 1 is 1.45 bits per heavy atom. The molecule has 0 aliphatic carbocycles. The van der Waals surface area contributed by atoms with E-state index in [-0.39, 0.29) is 5.75 Å². The molecule has 0 spiro atoms. The Hall–Kier alpha value is -1.02. The van der Waals surface area contributed by atoms with Gasteiger partial charge >= 0.3 is 0 Å². The number of benzene rings is 1. The van der Waals surface area contributed by atoms with E-state index < -0.39 is 5.60 Å². The molecule has 0 heterocycles. The maximum atomic E-state index is 9.48. The molecule has 0 atom stereocenters. The Kier molecular flexibility index (Phi) is 1.87. The molecule has 1 radical (unpaired) electrons. The third-order valence-electron chi connectivity index (χ3n) is 1.45. The smallest absolute Gasteiger partial charge is 0.122 e. The van der Waals surface area contributed by atoms with Crippen molar-refractivity contribution in [2.75, 3.05) is 0 Å². The second-order valence-electron chi connectivity index (χ2n) is 2.99. The van der Waals surface area contributed by atoms with Crippen molar-refractivity contribution in [3.8, 4) is 5.75 Å². The lowest BCUT2D eigenvalue weighted by Gasteiger charge is -2.17. The van der Waals surface area contributed by atoms with Crippen LogP contribution in [0.2, 0.25) is 0 Å². The van der Waals surface area contributed by atoms with Crippen LogP contribution in [0.1, 0.15) is 19.4 Å². The molecule has 2 N–H and O–H groups in total. The van der Waals surface area contributed by atoms with E-state index in [2.05, 4.69) is 6.07 Å². The summed E-state index contributed by atoms with van der Waals surface area (Å²) in [5.74, 6) is 0.0833. The van der Waals surface area contributed by atoms with E-state index in [1.165, 1.54) is 6.07 Å². The van der Waals surface area contributed by atoms with Crippen LogP contribution in [0.15, 0.2) is 18.2 Å². The zero-order valence-corrected chi connectivity index (χ0v) is 6.63. The third-order valence-corrected chi connectivity index (χ3v) is 1.45. The van der Waals surface area contributed by atoms with Gasteiger partial charge in [-0.25, -0.2) is 0 Å². The molecule has 0 unspecified atom stereocenters. The zero-order chi connectivity index (χ0) is 8.48. The second-order valence-corrected chi connectivity index (χ2v) is 2.99. The van der Waals surface area contributed by atoms with Gasteiger partial charge in [0.25, 0.3) is 0 Å². The first-order valence-corrected chi connectivity index (χ1v) is 3.44. The van der Waals surface area contributed by atoms with Crippen molar-refractivity contribution >= 4 is 0 Å². The van der Waals surface area contributed by atoms with E-state index in [1.807, 2.05) is 0 Å². The van der Waals surface area contributed by atoms with Crippen LogP contribution < -0.4 is 0 Å². The molecular weight excluding hydrogens is 140 g/mol. The maximum absolute atomic E-state index is 9.48. The average molecular weight is 151 g/mol. The summed E-state index contributed by atoms with van der Waals surface area (Å²) in [5, 5.41) is 18.7. The number of aromatic hydroxyl groups is 1. The molecule has 11 heavy (non-hydrogen) atoms. The van der Waals surface area contributed by atoms with Gasteiger partial charge < -0.3 is 10.2 Å². The Bertz CT molecular complexity index is 248. The van der Waals surface area contributed by atoms with Crippen LogP contribution in [0.4, 0.5) is 0 Å². The Labute approximate surface area is 66.1 Å². The fourth-order valence-electron chi connectivity index (χ4n) is 0.918. The Morgan fingerprint density at radius 2 is 2.09 bits per heavy atom. The van der Waals surface area contributed by atoms with Gasteiger partial charge in [-0.05, 0) is 26.0 Å². The van der Waals surface area contributed by atoms with Crippen LogP contribution in [0.3, 0.4) is 0 Å². The molecule has 0 bridgehead atoms. The first kappa shape index (κ1) is 8.08. The Balaban J connectivity index is 3.14. The predicted octanol–water partition coefficient (Wildman–Crippen LogP) is 1.42. The lowest BCUT2D eigenvalue weighted by Crippen LogP contribution is -2.15. The van der Waals surface area contributed by atoms with Crippen molar-refractivity contribution in [1.82, 2.24) is 0 Å². The molecule has 59 valence electrons. The highest BCUT2D eigenvalue weighted by atomic mass is 16.3. The maximum Gasteiger partial charge on any atom is 0.122 e. The molecule has 1 rings (SSSR count). The number of phenolic OH excluding ortho intramolecular Hbond substituents is 1. The van der Waals surface area contributed by atoms with Crippen molar-refractivity contribution in [2.24, 2.45) is 0 Å². The number of phenols is 1. The van der Waals surface area contributed by atoms with Crippen molar-refractivity contribution in [2.45, 2.75) is 19.4 Å². The average Bonchev–Trinajstić information content (AvgIpc) is 1.86. The first-order chi connectivity index (χ1) is 5.02. The molecule has 2 heteroatoms. The fraction of sp³-hybridized carbons (Fsp3) is 0.333. The van der Waals surface area contributed by atoms with Gasteiger partial charge in [0.05, 0.1) is 5.60 Å². The second kappa shape index (κ2) is 2.55. The van der Waals surface area contributed by atoms with Gasteiger partial charge in [0, 0.05) is 5.56 Å². The van der Waals surface area contributed by atoms with Gasteiger partial charge in [0.1, 0.15) is 5.75 Å². The van der Waals surface area contributed by atoms with Gasteiger partial charge in [-0.15, -0.1) is 0 Å². The van der Waals surface area contributed by atoms with E-state index in [0.29, 0.717) is 5.56 Å². The topological polar surface area (TPSA) is 40.5 Å². The van der Waals surface area contributed by atoms with Gasteiger partial charge in [-0.2, -0.15) is 0 Å². The van der Waals surface area contributed by atoms with Crippen LogP contribution in [0.5, 0.6) is 5.75 Å². The predicted molar refractivity (Wildman–Crippen MR) is 42.2 cm³/mol. The van der Waals surface area contributed by atoms with E-state index in [4.69, 9.17) is 0 Å². The molecule has 2 nitrogen and oxygen atoms in total. The standard InChI is InChI=1S/C9H11O2/c1-9(2,11)7-5-3-4-6-8(7)10/h3-4,6,10-11H,1-2H3. The number of aliphatic hydroxyl groups is 1. The molecule has 0 saturated heterocycles. The minimum absolute atomic E-state index is 0.0833. The summed E-state index contributed by atoms with van der Waals surface area (Å²) in [7, 11) is 0. The van der Waals surface area contributed by atoms with E-state index in [1.54, 1.807) is 26.0 Å². The molecule has 0 aliphatic rings. The monoisotopic (exact) mass is 151 g/mol. The number of hydrogen-bond acceptors (Lipinski definition) is 2. The molecule has 1 aromatic carbocycles. The quantitative estimate of drug-likeness (QED) is 0.637. The van der Waals surface area contributed by atoms with Crippen LogP contribution in [0.25, 0.3) is 0 Å². The van der Waals surface area contributed by atoms with Crippen LogP contribution in [-0.2, 0) is 5.60 Å². The summed E-state index contributed by atoms with van der Waals surface area (Å²) >= 11 is 0. The van der Waals surface area contributed by atoms with Crippen molar-refractivity contribution in [1.29, 1.82) is 0 Å². The highest BCUT2D eigenvalue weighted by molar-refractivity contribution is 5.34. The van der Waals surface area contributed by atoms with Gasteiger partial charge in [0.2, 0.25) is 0 Å². The molecule has 0 amide bonds. The molecule has 1 aromatic rings. The van der Waals surface area contributed by atoms with Crippen LogP contribution in [0, 0.1) is 6.07 Å². The lowest BCUT2D eigenvalue weighted by atomic mass is 9.98. The lowest BCUT2D eigenvalue weighted by molar-refractivity contribution is 0.0755. The molecule has 0 aromatic heterocycles. The SMILES string of the molecule is CC(C)(O)c1[c]cccc1O. The van der Waals surface area contributed by atoms with E-state index in [0.717, 1.165) is 0 Å². The van der Waals surface area contributed by atoms with Gasteiger partial charge in [-0.3, -0.25) is 0 Å². The first-order valence-electron chi connectivity index (χ1n) is 3.44. The van der Waals surface area contributed by atoms with Crippen molar-refractivity contribution < 1.29 is 10.2 Å². The van der Waals surface area contributed by atoms with Crippen LogP contribution in [-0.4, -0.2) is 10.2 Å². The highest BCUT2D eigenvalue weighted by Gasteiger charge is 2.19. The summed E-state index contributed by atoms with van der Waals surface area (Å²) in [6, 6.07) is 7.64. The van der Waals surface area contributed by atoms with Crippen LogP contribution >= 0.6 is 0 Å². The van der Waals surface area contributed by atoms with Crippen molar-refractivity contribution in [3.63, 3.8) is 0 Å². The molecular formula is C9H11O2. The summed E-state index contributed by atoms with van der Waals surface area (Å²) < 4.78 is 0. The molecule has 0 saturated carbocycles. The van der Waals surface area contributed by atoms with E-state index >= 15 is 0 Å². The zero-order valence-electron chi connectivity index (χ0n) is 6.63. The summed E-state index contributed by atoms with van der Waals surface area (Å²) in [5.41, 5.74) is -0.592. The van der Waals surface area contributed by atoms with E-state index in [9.17, 15) is 10.2 Å². The summed E-state index contributed by atoms with van der Waals surface area (Å²) in [6.07, 6.45) is 0. The number of rotatable bonds is 1. The van der Waals surface area contributed by atoms with Gasteiger partial charge in [-0.1, -0.05) is 12.1 Å². The largest absolute Gasteiger partial charge is 0.508 e. The minimum Gasteiger partial charge on any atom is -0.508 e. The normalized spacial score (nSPS) is 11.5. The minimum atomic E-state index is -1.02. The fourth-order valence-corrected chi connectivity index (χ4v) is 0.918. The molecule has 0 fully saturated rings. The third kappa shape index (κ3) is 1.71. The van der Waals surface area contributed by atoms with Crippen molar-refractivity contribution in [3.05, 3.63) is 29.8 Å². The highest BCUT2D eigenvalue weighted by Crippen LogP contribution is 2.27. The summed E-state index contributed by atoms with van der Waals surface area (Å²) in [6.45, 7) is 3.22. The number of hydrogen-bond donors (Lipinski definition) is 2. The Morgan fingerprint density at radius 3 is 2.45 bits per heavy atom. The molecule has 0 aliphatic heterocycles. The summed E-state index contributed by atoms with van der Waals surface area (Å²) in [4.78, 5) is 0.